The van der Waals surface area contributed by atoms with E-state index < -0.39 is 5.82 Å². The van der Waals surface area contributed by atoms with Crippen molar-refractivity contribution in [1.29, 1.82) is 0 Å². The summed E-state index contributed by atoms with van der Waals surface area (Å²) in [5, 5.41) is 11.7. The van der Waals surface area contributed by atoms with Gasteiger partial charge in [0.25, 0.3) is 0 Å². The zero-order valence-corrected chi connectivity index (χ0v) is 17.2. The van der Waals surface area contributed by atoms with Crippen LogP contribution in [0.25, 0.3) is 11.4 Å². The van der Waals surface area contributed by atoms with Gasteiger partial charge in [0.15, 0.2) is 22.5 Å². The third-order valence-electron chi connectivity index (χ3n) is 4.52. The molecule has 2 heterocycles. The van der Waals surface area contributed by atoms with Gasteiger partial charge in [0.1, 0.15) is 5.82 Å². The lowest BCUT2D eigenvalue weighted by Gasteiger charge is -2.11. The van der Waals surface area contributed by atoms with Gasteiger partial charge in [-0.05, 0) is 37.3 Å². The first-order valence-electron chi connectivity index (χ1n) is 9.66. The Bertz CT molecular complexity index is 1060. The summed E-state index contributed by atoms with van der Waals surface area (Å²) >= 11 is 1.25. The number of carbonyl (C=O) groups excluding carboxylic acids is 1. The van der Waals surface area contributed by atoms with Gasteiger partial charge in [-0.1, -0.05) is 23.9 Å². The van der Waals surface area contributed by atoms with E-state index in [1.54, 1.807) is 12.1 Å². The minimum atomic E-state index is -0.468. The van der Waals surface area contributed by atoms with Gasteiger partial charge < -0.3 is 19.4 Å². The van der Waals surface area contributed by atoms with E-state index in [0.717, 1.165) is 17.7 Å². The van der Waals surface area contributed by atoms with Crippen LogP contribution in [0.3, 0.4) is 0 Å². The SMILES string of the molecule is CCn1c(SCC(=O)Nc2ccccc2F)nnc1-c1ccc2c(c1)OCCCO2. The first-order valence-corrected chi connectivity index (χ1v) is 10.6. The molecule has 0 spiro atoms. The number of para-hydroxylation sites is 1. The molecule has 0 fully saturated rings. The zero-order chi connectivity index (χ0) is 20.9. The number of thioether (sulfide) groups is 1. The molecule has 4 rings (SSSR count). The third kappa shape index (κ3) is 4.40. The van der Waals surface area contributed by atoms with Crippen molar-refractivity contribution in [3.05, 3.63) is 48.3 Å². The molecule has 1 N–H and O–H groups in total. The zero-order valence-electron chi connectivity index (χ0n) is 16.4. The van der Waals surface area contributed by atoms with E-state index in [-0.39, 0.29) is 17.3 Å². The highest BCUT2D eigenvalue weighted by Crippen LogP contribution is 2.34. The van der Waals surface area contributed by atoms with Gasteiger partial charge >= 0.3 is 0 Å². The topological polar surface area (TPSA) is 78.3 Å². The van der Waals surface area contributed by atoms with E-state index in [9.17, 15) is 9.18 Å². The first-order chi connectivity index (χ1) is 14.7. The average molecular weight is 428 g/mol. The van der Waals surface area contributed by atoms with Crippen LogP contribution in [0.15, 0.2) is 47.6 Å². The number of carbonyl (C=O) groups is 1. The van der Waals surface area contributed by atoms with E-state index in [1.165, 1.54) is 23.9 Å². The Morgan fingerprint density at radius 2 is 1.97 bits per heavy atom. The number of nitrogens with zero attached hydrogens (tertiary/aromatic N) is 3. The second-order valence-electron chi connectivity index (χ2n) is 6.58. The van der Waals surface area contributed by atoms with E-state index in [1.807, 2.05) is 29.7 Å². The molecule has 0 aliphatic carbocycles. The number of amides is 1. The fourth-order valence-electron chi connectivity index (χ4n) is 3.08. The monoisotopic (exact) mass is 428 g/mol. The van der Waals surface area contributed by atoms with Crippen LogP contribution in [0.4, 0.5) is 10.1 Å². The Hall–Kier alpha value is -3.07. The van der Waals surface area contributed by atoms with Crippen molar-refractivity contribution in [1.82, 2.24) is 14.8 Å². The van der Waals surface area contributed by atoms with E-state index in [4.69, 9.17) is 9.47 Å². The summed E-state index contributed by atoms with van der Waals surface area (Å²) in [6.45, 7) is 3.86. The first kappa shape index (κ1) is 20.2. The van der Waals surface area contributed by atoms with Gasteiger partial charge in [0.05, 0.1) is 24.7 Å². The molecule has 1 amide bonds. The highest BCUT2D eigenvalue weighted by Gasteiger charge is 2.18. The quantitative estimate of drug-likeness (QED) is 0.598. The minimum absolute atomic E-state index is 0.0909. The molecule has 3 aromatic rings. The van der Waals surface area contributed by atoms with Crippen LogP contribution in [0.1, 0.15) is 13.3 Å². The number of fused-ring (bicyclic) bond motifs is 1. The summed E-state index contributed by atoms with van der Waals surface area (Å²) in [5.74, 6) is 1.41. The van der Waals surface area contributed by atoms with Crippen molar-refractivity contribution >= 4 is 23.4 Å². The second-order valence-corrected chi connectivity index (χ2v) is 7.52. The number of aromatic nitrogens is 3. The van der Waals surface area contributed by atoms with Crippen LogP contribution in [0.5, 0.6) is 11.5 Å². The molecule has 1 aliphatic heterocycles. The molecule has 156 valence electrons. The normalized spacial score (nSPS) is 13.0. The fourth-order valence-corrected chi connectivity index (χ4v) is 3.88. The molecule has 0 unspecified atom stereocenters. The Morgan fingerprint density at radius 3 is 2.77 bits per heavy atom. The predicted octanol–water partition coefficient (Wildman–Crippen LogP) is 4.00. The number of anilines is 1. The van der Waals surface area contributed by atoms with E-state index in [2.05, 4.69) is 15.5 Å². The van der Waals surface area contributed by atoms with Gasteiger partial charge in [0, 0.05) is 18.5 Å². The van der Waals surface area contributed by atoms with Gasteiger partial charge in [-0.2, -0.15) is 0 Å². The van der Waals surface area contributed by atoms with Crippen molar-refractivity contribution in [2.24, 2.45) is 0 Å². The lowest BCUT2D eigenvalue weighted by atomic mass is 10.2. The Labute approximate surface area is 177 Å². The Kier molecular flexibility index (Phi) is 6.18. The van der Waals surface area contributed by atoms with E-state index in [0.29, 0.717) is 36.5 Å². The molecule has 0 radical (unpaired) electrons. The summed E-state index contributed by atoms with van der Waals surface area (Å²) in [6, 6.07) is 11.8. The largest absolute Gasteiger partial charge is 0.490 e. The molecule has 30 heavy (non-hydrogen) atoms. The summed E-state index contributed by atoms with van der Waals surface area (Å²) < 4.78 is 27.1. The summed E-state index contributed by atoms with van der Waals surface area (Å²) in [4.78, 5) is 12.2. The fraction of sp³-hybridized carbons (Fsp3) is 0.286. The molecule has 0 bridgehead atoms. The van der Waals surface area contributed by atoms with Crippen molar-refractivity contribution < 1.29 is 18.7 Å². The van der Waals surface area contributed by atoms with Gasteiger partial charge in [0.2, 0.25) is 5.91 Å². The van der Waals surface area contributed by atoms with Crippen molar-refractivity contribution in [2.45, 2.75) is 25.0 Å². The number of hydrogen-bond donors (Lipinski definition) is 1. The van der Waals surface area contributed by atoms with Crippen LogP contribution in [0.2, 0.25) is 0 Å². The van der Waals surface area contributed by atoms with Gasteiger partial charge in [-0.15, -0.1) is 10.2 Å². The second kappa shape index (κ2) is 9.17. The molecule has 1 aromatic heterocycles. The van der Waals surface area contributed by atoms with Crippen LogP contribution in [-0.2, 0) is 11.3 Å². The average Bonchev–Trinajstić information content (AvgIpc) is 3.02. The third-order valence-corrected chi connectivity index (χ3v) is 5.49. The lowest BCUT2D eigenvalue weighted by molar-refractivity contribution is -0.113. The summed E-state index contributed by atoms with van der Waals surface area (Å²) in [7, 11) is 0. The maximum absolute atomic E-state index is 13.7. The molecule has 0 saturated heterocycles. The van der Waals surface area contributed by atoms with Crippen molar-refractivity contribution in [3.8, 4) is 22.9 Å². The van der Waals surface area contributed by atoms with Gasteiger partial charge in [-0.25, -0.2) is 4.39 Å². The van der Waals surface area contributed by atoms with Crippen LogP contribution >= 0.6 is 11.8 Å². The minimum Gasteiger partial charge on any atom is -0.490 e. The summed E-state index contributed by atoms with van der Waals surface area (Å²) in [6.07, 6.45) is 0.838. The number of hydrogen-bond acceptors (Lipinski definition) is 6. The van der Waals surface area contributed by atoms with Crippen molar-refractivity contribution in [2.75, 3.05) is 24.3 Å². The molecule has 9 heteroatoms. The number of benzene rings is 2. The standard InChI is InChI=1S/C21H21FN4O3S/c1-2-26-20(14-8-9-17-18(12-14)29-11-5-10-28-17)24-25-21(26)30-13-19(27)23-16-7-4-3-6-15(16)22/h3-4,6-9,12H,2,5,10-11,13H2,1H3,(H,23,27). The molecule has 1 aliphatic rings. The van der Waals surface area contributed by atoms with Crippen molar-refractivity contribution in [3.63, 3.8) is 0 Å². The highest BCUT2D eigenvalue weighted by atomic mass is 32.2. The number of ether oxygens (including phenoxy) is 2. The van der Waals surface area contributed by atoms with Gasteiger partial charge in [-0.3, -0.25) is 4.79 Å². The van der Waals surface area contributed by atoms with Crippen LogP contribution in [0, 0.1) is 5.82 Å². The molecule has 0 saturated carbocycles. The van der Waals surface area contributed by atoms with Crippen LogP contribution < -0.4 is 14.8 Å². The Morgan fingerprint density at radius 1 is 1.17 bits per heavy atom. The smallest absolute Gasteiger partial charge is 0.234 e. The van der Waals surface area contributed by atoms with E-state index >= 15 is 0 Å². The highest BCUT2D eigenvalue weighted by molar-refractivity contribution is 7.99. The number of rotatable bonds is 6. The lowest BCUT2D eigenvalue weighted by Crippen LogP contribution is -2.15. The number of nitrogens with one attached hydrogen (secondary N) is 1. The van der Waals surface area contributed by atoms with Crippen LogP contribution in [-0.4, -0.2) is 39.6 Å². The maximum Gasteiger partial charge on any atom is 0.234 e. The maximum atomic E-state index is 13.7. The molecule has 0 atom stereocenters. The summed E-state index contributed by atoms with van der Waals surface area (Å²) in [5.41, 5.74) is 1.02. The molecule has 2 aromatic carbocycles. The molecular formula is C21H21FN4O3S. The predicted molar refractivity (Wildman–Crippen MR) is 112 cm³/mol. The molecule has 7 nitrogen and oxygen atoms in total. The molecular weight excluding hydrogens is 407 g/mol. The number of halogens is 1. The Balaban J connectivity index is 1.48.